The van der Waals surface area contributed by atoms with Gasteiger partial charge in [-0.25, -0.2) is 13.8 Å². The average Bonchev–Trinajstić information content (AvgIpc) is 3.61. The lowest BCUT2D eigenvalue weighted by Gasteiger charge is -2.30. The Morgan fingerprint density at radius 1 is 1.06 bits per heavy atom. The van der Waals surface area contributed by atoms with E-state index in [4.69, 9.17) is 9.15 Å². The van der Waals surface area contributed by atoms with Crippen LogP contribution in [0.3, 0.4) is 0 Å². The van der Waals surface area contributed by atoms with Gasteiger partial charge in [0.25, 0.3) is 10.0 Å². The Labute approximate surface area is 206 Å². The second-order valence-corrected chi connectivity index (χ2v) is 11.1. The number of carbonyl (C=O) groups excluding carboxylic acids is 1. The summed E-state index contributed by atoms with van der Waals surface area (Å²) in [6.45, 7) is 4.99. The number of nitrogens with zero attached hydrogens (tertiary/aromatic N) is 2. The monoisotopic (exact) mass is 503 g/mol. The lowest BCUT2D eigenvalue weighted by atomic mass is 9.98. The maximum Gasteiger partial charge on any atom is 0.276 e. The van der Waals surface area contributed by atoms with E-state index in [1.165, 1.54) is 10.4 Å². The third kappa shape index (κ3) is 5.54. The minimum Gasteiger partial charge on any atom is -0.447 e. The molecule has 0 saturated carbocycles. The summed E-state index contributed by atoms with van der Waals surface area (Å²) in [5.74, 6) is 0.0873. The van der Waals surface area contributed by atoms with Gasteiger partial charge in [0.2, 0.25) is 11.0 Å². The molecule has 3 N–H and O–H groups in total. The molecule has 0 bridgehead atoms. The quantitative estimate of drug-likeness (QED) is 0.519. The number of benzene rings is 1. The Kier molecular flexibility index (Phi) is 7.40. The van der Waals surface area contributed by atoms with Crippen molar-refractivity contribution in [1.29, 1.82) is 0 Å². The normalized spacial score (nSPS) is 23.9. The first kappa shape index (κ1) is 24.3. The molecule has 11 heteroatoms. The fourth-order valence-electron chi connectivity index (χ4n) is 4.84. The number of hydrazine groups is 1. The summed E-state index contributed by atoms with van der Waals surface area (Å²) in [6, 6.07) is 11.3. The minimum absolute atomic E-state index is 0.0400. The molecular formula is C24H33N5O5S. The molecule has 3 fully saturated rings. The van der Waals surface area contributed by atoms with Crippen LogP contribution in [0, 0.1) is 5.92 Å². The molecule has 2 unspecified atom stereocenters. The summed E-state index contributed by atoms with van der Waals surface area (Å²) < 4.78 is 38.8. The lowest BCUT2D eigenvalue weighted by molar-refractivity contribution is -0.126. The van der Waals surface area contributed by atoms with Crippen molar-refractivity contribution in [2.24, 2.45) is 5.92 Å². The highest BCUT2D eigenvalue weighted by molar-refractivity contribution is 7.89. The van der Waals surface area contributed by atoms with Crippen LogP contribution >= 0.6 is 0 Å². The van der Waals surface area contributed by atoms with E-state index in [2.05, 4.69) is 33.2 Å². The van der Waals surface area contributed by atoms with E-state index < -0.39 is 10.0 Å². The zero-order valence-electron chi connectivity index (χ0n) is 19.7. The first-order chi connectivity index (χ1) is 17.0. The molecule has 3 aliphatic rings. The molecule has 1 amide bonds. The Morgan fingerprint density at radius 2 is 1.86 bits per heavy atom. The van der Waals surface area contributed by atoms with E-state index in [9.17, 15) is 13.2 Å². The molecule has 0 aliphatic carbocycles. The van der Waals surface area contributed by atoms with Gasteiger partial charge < -0.3 is 19.4 Å². The van der Waals surface area contributed by atoms with Gasteiger partial charge >= 0.3 is 0 Å². The molecular weight excluding hydrogens is 470 g/mol. The molecule has 0 spiro atoms. The number of sulfonamides is 1. The number of morpholine rings is 1. The fraction of sp³-hybridized carbons (Fsp3) is 0.542. The van der Waals surface area contributed by atoms with Gasteiger partial charge in [-0.2, -0.15) is 4.31 Å². The molecule has 10 nitrogen and oxygen atoms in total. The van der Waals surface area contributed by atoms with Gasteiger partial charge in [-0.15, -0.1) is 0 Å². The summed E-state index contributed by atoms with van der Waals surface area (Å²) in [7, 11) is -3.79. The van der Waals surface area contributed by atoms with Gasteiger partial charge in [-0.1, -0.05) is 12.1 Å². The highest BCUT2D eigenvalue weighted by Crippen LogP contribution is 2.28. The highest BCUT2D eigenvalue weighted by atomic mass is 32.2. The van der Waals surface area contributed by atoms with Crippen LogP contribution in [0.4, 0.5) is 5.69 Å². The SMILES string of the molecule is O=C(NCc1ccc(N2CCOCC2)cc1)C1CCCN(S(=O)(=O)c2ccc(C3CCNN3)o2)C1. The fourth-order valence-corrected chi connectivity index (χ4v) is 6.28. The summed E-state index contributed by atoms with van der Waals surface area (Å²) in [5, 5.41) is 2.92. The van der Waals surface area contributed by atoms with E-state index in [1.807, 2.05) is 12.1 Å². The van der Waals surface area contributed by atoms with Gasteiger partial charge in [-0.3, -0.25) is 10.2 Å². The number of rotatable bonds is 7. The molecule has 35 heavy (non-hydrogen) atoms. The summed E-state index contributed by atoms with van der Waals surface area (Å²) in [6.07, 6.45) is 2.12. The van der Waals surface area contributed by atoms with Crippen molar-refractivity contribution in [3.05, 3.63) is 47.7 Å². The van der Waals surface area contributed by atoms with E-state index in [0.29, 0.717) is 31.7 Å². The van der Waals surface area contributed by atoms with E-state index in [0.717, 1.165) is 50.5 Å². The first-order valence-electron chi connectivity index (χ1n) is 12.3. The first-order valence-corrected chi connectivity index (χ1v) is 13.7. The predicted octanol–water partition coefficient (Wildman–Crippen LogP) is 1.37. The number of carbonyl (C=O) groups is 1. The number of piperidine rings is 1. The van der Waals surface area contributed by atoms with Crippen LogP contribution in [-0.2, 0) is 26.1 Å². The zero-order chi connectivity index (χ0) is 24.3. The van der Waals surface area contributed by atoms with Crippen molar-refractivity contribution in [2.75, 3.05) is 50.8 Å². The van der Waals surface area contributed by atoms with Crippen LogP contribution in [0.2, 0.25) is 0 Å². The van der Waals surface area contributed by atoms with Crippen LogP contribution in [0.15, 0.2) is 45.9 Å². The number of hydrogen-bond acceptors (Lipinski definition) is 8. The molecule has 1 aromatic heterocycles. The molecule has 3 aliphatic heterocycles. The molecule has 190 valence electrons. The molecule has 4 heterocycles. The van der Waals surface area contributed by atoms with Crippen LogP contribution in [0.1, 0.15) is 36.6 Å². The Morgan fingerprint density at radius 3 is 2.60 bits per heavy atom. The second kappa shape index (κ2) is 10.7. The second-order valence-electron chi connectivity index (χ2n) is 9.26. The highest BCUT2D eigenvalue weighted by Gasteiger charge is 2.35. The van der Waals surface area contributed by atoms with Crippen LogP contribution < -0.4 is 21.1 Å². The lowest BCUT2D eigenvalue weighted by Crippen LogP contribution is -2.45. The minimum atomic E-state index is -3.79. The van der Waals surface area contributed by atoms with Gasteiger partial charge in [0.15, 0.2) is 0 Å². The Hall–Kier alpha value is -2.44. The standard InChI is InChI=1S/C24H33N5O5S/c30-24(25-16-18-3-5-20(6-4-18)28-12-14-33-15-13-28)19-2-1-11-29(17-19)35(31,32)23-8-7-22(34-23)21-9-10-26-27-21/h3-8,19,21,26-27H,1-2,9-17H2,(H,25,30). The topological polar surface area (TPSA) is 116 Å². The molecule has 1 aromatic carbocycles. The zero-order valence-corrected chi connectivity index (χ0v) is 20.6. The van der Waals surface area contributed by atoms with Gasteiger partial charge in [0, 0.05) is 45.0 Å². The van der Waals surface area contributed by atoms with Gasteiger partial charge in [0.1, 0.15) is 5.76 Å². The third-order valence-electron chi connectivity index (χ3n) is 6.91. The molecule has 5 rings (SSSR count). The van der Waals surface area contributed by atoms with Gasteiger partial charge in [-0.05, 0) is 49.1 Å². The largest absolute Gasteiger partial charge is 0.447 e. The van der Waals surface area contributed by atoms with Crippen molar-refractivity contribution in [2.45, 2.75) is 36.9 Å². The number of ether oxygens (including phenoxy) is 1. The summed E-state index contributed by atoms with van der Waals surface area (Å²) in [5.41, 5.74) is 8.25. The summed E-state index contributed by atoms with van der Waals surface area (Å²) >= 11 is 0. The third-order valence-corrected chi connectivity index (χ3v) is 8.65. The maximum atomic E-state index is 13.2. The number of furan rings is 1. The molecule has 2 aromatic rings. The van der Waals surface area contributed by atoms with Crippen molar-refractivity contribution >= 4 is 21.6 Å². The predicted molar refractivity (Wildman–Crippen MR) is 130 cm³/mol. The Bertz CT molecular complexity index is 1110. The molecule has 2 atom stereocenters. The molecule has 3 saturated heterocycles. The maximum absolute atomic E-state index is 13.2. The van der Waals surface area contributed by atoms with E-state index in [-0.39, 0.29) is 29.5 Å². The Balaban J connectivity index is 1.16. The average molecular weight is 504 g/mol. The van der Waals surface area contributed by atoms with Crippen molar-refractivity contribution in [1.82, 2.24) is 20.5 Å². The van der Waals surface area contributed by atoms with Crippen molar-refractivity contribution in [3.63, 3.8) is 0 Å². The van der Waals surface area contributed by atoms with E-state index in [1.54, 1.807) is 6.07 Å². The number of amides is 1. The van der Waals surface area contributed by atoms with E-state index >= 15 is 0 Å². The van der Waals surface area contributed by atoms with Crippen LogP contribution in [0.25, 0.3) is 0 Å². The molecule has 0 radical (unpaired) electrons. The smallest absolute Gasteiger partial charge is 0.276 e. The van der Waals surface area contributed by atoms with Gasteiger partial charge in [0.05, 0.1) is 25.2 Å². The number of anilines is 1. The van der Waals surface area contributed by atoms with Crippen LogP contribution in [0.5, 0.6) is 0 Å². The van der Waals surface area contributed by atoms with Crippen molar-refractivity contribution < 1.29 is 22.4 Å². The number of nitrogens with one attached hydrogen (secondary N) is 3. The van der Waals surface area contributed by atoms with Crippen molar-refractivity contribution in [3.8, 4) is 0 Å². The summed E-state index contributed by atoms with van der Waals surface area (Å²) in [4.78, 5) is 15.2. The van der Waals surface area contributed by atoms with Crippen LogP contribution in [-0.4, -0.2) is 64.6 Å². The number of hydrogen-bond donors (Lipinski definition) is 3.